The number of aromatic hydroxyl groups is 1. The third kappa shape index (κ3) is 3.86. The Bertz CT molecular complexity index is 1540. The van der Waals surface area contributed by atoms with Gasteiger partial charge in [0, 0.05) is 28.6 Å². The first-order valence-electron chi connectivity index (χ1n) is 12.7. The zero-order chi connectivity index (χ0) is 27.5. The third-order valence-electron chi connectivity index (χ3n) is 7.49. The van der Waals surface area contributed by atoms with Gasteiger partial charge in [-0.05, 0) is 50.7 Å². The number of benzene rings is 1. The highest BCUT2D eigenvalue weighted by Crippen LogP contribution is 2.41. The van der Waals surface area contributed by atoms with Gasteiger partial charge in [-0.3, -0.25) is 9.59 Å². The van der Waals surface area contributed by atoms with Crippen LogP contribution in [0.4, 0.5) is 0 Å². The molecule has 3 aromatic rings. The summed E-state index contributed by atoms with van der Waals surface area (Å²) in [6, 6.07) is 6.10. The Morgan fingerprint density at radius 1 is 1.29 bits per heavy atom. The number of rotatable bonds is 6. The molecule has 0 spiro atoms. The summed E-state index contributed by atoms with van der Waals surface area (Å²) in [7, 11) is 3.84. The van der Waals surface area contributed by atoms with E-state index in [4.69, 9.17) is 20.2 Å². The number of carbonyl (C=O) groups is 2. The average molecular weight is 521 g/mol. The van der Waals surface area contributed by atoms with Gasteiger partial charge >= 0.3 is 11.9 Å². The van der Waals surface area contributed by atoms with Crippen LogP contribution in [0, 0.1) is 5.92 Å². The molecule has 2 aromatic heterocycles. The van der Waals surface area contributed by atoms with Gasteiger partial charge in [0.2, 0.25) is 5.60 Å². The smallest absolute Gasteiger partial charge is 0.355 e. The van der Waals surface area contributed by atoms with Crippen LogP contribution < -0.4 is 11.3 Å². The van der Waals surface area contributed by atoms with Crippen LogP contribution in [0.1, 0.15) is 49.4 Å². The minimum atomic E-state index is -1.78. The maximum Gasteiger partial charge on any atom is 0.355 e. The van der Waals surface area contributed by atoms with Gasteiger partial charge in [-0.1, -0.05) is 20.8 Å². The molecule has 0 amide bonds. The van der Waals surface area contributed by atoms with Crippen molar-refractivity contribution >= 4 is 22.8 Å². The first kappa shape index (κ1) is 25.9. The maximum absolute atomic E-state index is 13.7. The number of ether oxygens (including phenoxy) is 2. The Balaban J connectivity index is 1.69. The summed E-state index contributed by atoms with van der Waals surface area (Å²) < 4.78 is 12.8. The Morgan fingerprint density at radius 2 is 2.03 bits per heavy atom. The summed E-state index contributed by atoms with van der Waals surface area (Å²) in [6.45, 7) is 5.86. The van der Waals surface area contributed by atoms with E-state index in [0.29, 0.717) is 29.0 Å². The van der Waals surface area contributed by atoms with Gasteiger partial charge in [0.1, 0.15) is 18.4 Å². The first-order valence-corrected chi connectivity index (χ1v) is 12.7. The van der Waals surface area contributed by atoms with E-state index in [-0.39, 0.29) is 42.4 Å². The number of pyridine rings is 2. The highest BCUT2D eigenvalue weighted by Gasteiger charge is 2.51. The fraction of sp³-hybridized carbons (Fsp3) is 0.429. The molecule has 200 valence electrons. The molecule has 2 atom stereocenters. The number of aromatic nitrogens is 2. The molecule has 0 aliphatic carbocycles. The van der Waals surface area contributed by atoms with Gasteiger partial charge in [0.05, 0.1) is 29.0 Å². The summed E-state index contributed by atoms with van der Waals surface area (Å²) in [6.07, 6.45) is 0.0729. The second-order valence-corrected chi connectivity index (χ2v) is 10.6. The van der Waals surface area contributed by atoms with Crippen molar-refractivity contribution in [2.75, 3.05) is 14.1 Å². The van der Waals surface area contributed by atoms with Crippen molar-refractivity contribution in [3.05, 3.63) is 56.9 Å². The third-order valence-corrected chi connectivity index (χ3v) is 7.49. The standard InChI is InChI=1S/C28H32N4O6/c1-6-28(38-26(35)23(29)14(2)3)19-10-21-24-15(11-32(21)25(34)18(19)13-37-27(28)36)9-16-17(12-31(4)5)22(33)8-7-20(16)30-24/h7-10,14,23,33H,6,11-13,29H2,1-5H3/t23?,28-/m0/s1. The number of hydrogen-bond acceptors (Lipinski definition) is 9. The van der Waals surface area contributed by atoms with Crippen molar-refractivity contribution < 1.29 is 24.2 Å². The molecular weight excluding hydrogens is 488 g/mol. The molecule has 1 aromatic carbocycles. The molecule has 0 fully saturated rings. The zero-order valence-corrected chi connectivity index (χ0v) is 22.2. The number of esters is 2. The van der Waals surface area contributed by atoms with Crippen molar-refractivity contribution in [3.8, 4) is 17.1 Å². The summed E-state index contributed by atoms with van der Waals surface area (Å²) in [5.74, 6) is -1.48. The number of fused-ring (bicyclic) bond motifs is 5. The number of phenols is 1. The summed E-state index contributed by atoms with van der Waals surface area (Å²) in [5, 5.41) is 11.3. The summed E-state index contributed by atoms with van der Waals surface area (Å²) in [5.41, 5.74) is 7.87. The van der Waals surface area contributed by atoms with Crippen LogP contribution in [0.3, 0.4) is 0 Å². The molecule has 0 saturated heterocycles. The first-order chi connectivity index (χ1) is 18.0. The van der Waals surface area contributed by atoms with Crippen molar-refractivity contribution in [3.63, 3.8) is 0 Å². The van der Waals surface area contributed by atoms with E-state index in [2.05, 4.69) is 0 Å². The second kappa shape index (κ2) is 9.21. The summed E-state index contributed by atoms with van der Waals surface area (Å²) >= 11 is 0. The minimum Gasteiger partial charge on any atom is -0.508 e. The molecule has 10 heteroatoms. The van der Waals surface area contributed by atoms with Crippen LogP contribution in [0.5, 0.6) is 5.75 Å². The van der Waals surface area contributed by atoms with Crippen LogP contribution in [0.2, 0.25) is 0 Å². The van der Waals surface area contributed by atoms with E-state index in [0.717, 1.165) is 16.5 Å². The van der Waals surface area contributed by atoms with E-state index in [1.165, 1.54) is 0 Å². The number of nitrogens with two attached hydrogens (primary N) is 1. The van der Waals surface area contributed by atoms with Crippen LogP contribution in [0.25, 0.3) is 22.3 Å². The van der Waals surface area contributed by atoms with Crippen molar-refractivity contribution in [1.29, 1.82) is 0 Å². The average Bonchev–Trinajstić information content (AvgIpc) is 3.23. The molecule has 0 saturated carbocycles. The Hall–Kier alpha value is -3.76. The normalized spacial score (nSPS) is 18.8. The monoisotopic (exact) mass is 520 g/mol. The molecule has 0 bridgehead atoms. The number of hydrogen-bond donors (Lipinski definition) is 2. The molecule has 38 heavy (non-hydrogen) atoms. The van der Waals surface area contributed by atoms with Crippen LogP contribution >= 0.6 is 0 Å². The van der Waals surface area contributed by atoms with E-state index >= 15 is 0 Å². The Morgan fingerprint density at radius 3 is 2.68 bits per heavy atom. The molecule has 2 aliphatic heterocycles. The number of phenolic OH excluding ortho intramolecular Hbond substituents is 1. The van der Waals surface area contributed by atoms with Gasteiger partial charge in [0.25, 0.3) is 5.56 Å². The van der Waals surface area contributed by atoms with E-state index in [1.54, 1.807) is 43.5 Å². The highest BCUT2D eigenvalue weighted by molar-refractivity contribution is 5.90. The molecule has 10 nitrogen and oxygen atoms in total. The van der Waals surface area contributed by atoms with Gasteiger partial charge in [-0.25, -0.2) is 9.78 Å². The Kier molecular flexibility index (Phi) is 6.27. The largest absolute Gasteiger partial charge is 0.508 e. The van der Waals surface area contributed by atoms with Crippen molar-refractivity contribution in [1.82, 2.24) is 14.5 Å². The molecule has 2 aliphatic rings. The lowest BCUT2D eigenvalue weighted by Gasteiger charge is -2.36. The molecule has 4 heterocycles. The lowest BCUT2D eigenvalue weighted by atomic mass is 9.85. The lowest BCUT2D eigenvalue weighted by Crippen LogP contribution is -2.50. The van der Waals surface area contributed by atoms with Crippen LogP contribution in [0.15, 0.2) is 29.1 Å². The van der Waals surface area contributed by atoms with Crippen LogP contribution in [-0.4, -0.2) is 51.6 Å². The van der Waals surface area contributed by atoms with E-state index in [1.807, 2.05) is 25.1 Å². The van der Waals surface area contributed by atoms with Crippen molar-refractivity contribution in [2.24, 2.45) is 11.7 Å². The van der Waals surface area contributed by atoms with E-state index in [9.17, 15) is 19.5 Å². The summed E-state index contributed by atoms with van der Waals surface area (Å²) in [4.78, 5) is 46.6. The number of nitrogens with zero attached hydrogens (tertiary/aromatic N) is 3. The molecular formula is C28H32N4O6. The predicted octanol–water partition coefficient (Wildman–Crippen LogP) is 2.38. The Labute approximate surface area is 220 Å². The fourth-order valence-corrected chi connectivity index (χ4v) is 5.25. The van der Waals surface area contributed by atoms with Gasteiger partial charge < -0.3 is 29.8 Å². The maximum atomic E-state index is 13.7. The lowest BCUT2D eigenvalue weighted by molar-refractivity contribution is -0.190. The number of cyclic esters (lactones) is 1. The molecule has 5 rings (SSSR count). The van der Waals surface area contributed by atoms with Crippen molar-refractivity contribution in [2.45, 2.75) is 58.5 Å². The SMILES string of the molecule is CC[C@@]1(OC(=O)C(N)C(C)C)C(=O)OCc2c1cc1n(c2=O)Cc2cc3c(CN(C)C)c(O)ccc3nc2-1. The second-order valence-electron chi connectivity index (χ2n) is 10.6. The zero-order valence-electron chi connectivity index (χ0n) is 22.2. The van der Waals surface area contributed by atoms with Gasteiger partial charge in [-0.2, -0.15) is 0 Å². The fourth-order valence-electron chi connectivity index (χ4n) is 5.25. The van der Waals surface area contributed by atoms with Crippen LogP contribution in [-0.2, 0) is 44.4 Å². The molecule has 1 unspecified atom stereocenters. The number of carbonyl (C=O) groups excluding carboxylic acids is 2. The molecule has 0 radical (unpaired) electrons. The highest BCUT2D eigenvalue weighted by atomic mass is 16.6. The van der Waals surface area contributed by atoms with Gasteiger partial charge in [0.15, 0.2) is 0 Å². The van der Waals surface area contributed by atoms with E-state index < -0.39 is 23.6 Å². The minimum absolute atomic E-state index is 0.0729. The molecule has 3 N–H and O–H groups in total. The predicted molar refractivity (Wildman–Crippen MR) is 140 cm³/mol. The van der Waals surface area contributed by atoms with Gasteiger partial charge in [-0.15, -0.1) is 0 Å². The topological polar surface area (TPSA) is 137 Å². The quantitative estimate of drug-likeness (QED) is 0.367.